The Morgan fingerprint density at radius 3 is 1.62 bits per heavy atom. The molecular weight excluding hydrogens is 656 g/mol. The highest BCUT2D eigenvalue weighted by molar-refractivity contribution is 5.90. The lowest BCUT2D eigenvalue weighted by Gasteiger charge is -2.38. The van der Waals surface area contributed by atoms with E-state index in [1.165, 1.54) is 14.2 Å². The average molecular weight is 709 g/mol. The average Bonchev–Trinajstić information content (AvgIpc) is 3.16. The molecule has 0 radical (unpaired) electrons. The topological polar surface area (TPSA) is 97.4 Å². The molecule has 0 N–H and O–H groups in total. The maximum absolute atomic E-state index is 12.9. The van der Waals surface area contributed by atoms with Crippen molar-refractivity contribution in [2.75, 3.05) is 27.4 Å². The van der Waals surface area contributed by atoms with Crippen LogP contribution < -0.4 is 9.47 Å². The lowest BCUT2D eigenvalue weighted by atomic mass is 9.69. The molecule has 0 bridgehead atoms. The Hall–Kier alpha value is -4.53. The smallest absolute Gasteiger partial charge is 0.341 e. The van der Waals surface area contributed by atoms with Crippen molar-refractivity contribution in [2.45, 2.75) is 77.2 Å². The van der Waals surface area contributed by atoms with Crippen LogP contribution in [0.2, 0.25) is 0 Å². The Morgan fingerprint density at radius 2 is 1.10 bits per heavy atom. The van der Waals surface area contributed by atoms with E-state index in [9.17, 15) is 14.4 Å². The van der Waals surface area contributed by atoms with Crippen molar-refractivity contribution in [1.82, 2.24) is 0 Å². The highest BCUT2D eigenvalue weighted by atomic mass is 16.5. The van der Waals surface area contributed by atoms with E-state index in [1.54, 1.807) is 12.1 Å². The van der Waals surface area contributed by atoms with Crippen molar-refractivity contribution in [1.29, 1.82) is 0 Å². The Bertz CT molecular complexity index is 1710. The molecule has 5 rings (SSSR count). The number of esters is 3. The van der Waals surface area contributed by atoms with Crippen molar-refractivity contribution in [3.8, 4) is 33.8 Å². The van der Waals surface area contributed by atoms with Crippen molar-refractivity contribution in [3.05, 3.63) is 96.6 Å². The van der Waals surface area contributed by atoms with Crippen LogP contribution in [0.3, 0.4) is 0 Å². The molecule has 0 aliphatic heterocycles. The summed E-state index contributed by atoms with van der Waals surface area (Å²) in [6, 6.07) is 21.8. The van der Waals surface area contributed by atoms with E-state index >= 15 is 0 Å². The highest BCUT2D eigenvalue weighted by Crippen LogP contribution is 2.46. The molecule has 3 aromatic carbocycles. The zero-order valence-corrected chi connectivity index (χ0v) is 31.0. The molecule has 2 aliphatic carbocycles. The number of hydrogen-bond donors (Lipinski definition) is 0. The van der Waals surface area contributed by atoms with Crippen molar-refractivity contribution >= 4 is 17.9 Å². The Balaban J connectivity index is 1.27. The van der Waals surface area contributed by atoms with Crippen LogP contribution in [0.25, 0.3) is 22.3 Å². The lowest BCUT2D eigenvalue weighted by Crippen LogP contribution is -2.30. The van der Waals surface area contributed by atoms with Gasteiger partial charge in [-0.15, -0.1) is 0 Å². The molecule has 0 saturated heterocycles. The zero-order valence-electron chi connectivity index (χ0n) is 31.0. The monoisotopic (exact) mass is 708 g/mol. The normalized spacial score (nSPS) is 20.2. The first-order chi connectivity index (χ1) is 25.1. The predicted molar refractivity (Wildman–Crippen MR) is 202 cm³/mol. The number of methoxy groups -OCH3 is 2. The number of ether oxygens (including phenoxy) is 5. The summed E-state index contributed by atoms with van der Waals surface area (Å²) in [7, 11) is 3.03. The fourth-order valence-corrected chi connectivity index (χ4v) is 7.41. The third kappa shape index (κ3) is 10.1. The molecule has 2 saturated carbocycles. The zero-order chi connectivity index (χ0) is 37.2. The number of benzene rings is 3. The molecule has 52 heavy (non-hydrogen) atoms. The molecule has 276 valence electrons. The maximum atomic E-state index is 12.9. The number of carbonyl (C=O) groups is 3. The minimum atomic E-state index is -0.517. The van der Waals surface area contributed by atoms with Crippen molar-refractivity contribution < 1.29 is 38.1 Å². The molecule has 0 atom stereocenters. The van der Waals surface area contributed by atoms with E-state index in [0.717, 1.165) is 79.2 Å². The highest BCUT2D eigenvalue weighted by Gasteiger charge is 2.33. The molecule has 8 nitrogen and oxygen atoms in total. The van der Waals surface area contributed by atoms with Gasteiger partial charge in [0.25, 0.3) is 0 Å². The molecule has 0 amide bonds. The van der Waals surface area contributed by atoms with Gasteiger partial charge in [-0.3, -0.25) is 4.79 Å². The van der Waals surface area contributed by atoms with Gasteiger partial charge < -0.3 is 23.7 Å². The lowest BCUT2D eigenvalue weighted by molar-refractivity contribution is -0.155. The minimum Gasteiger partial charge on any atom is -0.462 e. The molecule has 0 unspecified atom stereocenters. The van der Waals surface area contributed by atoms with E-state index in [-0.39, 0.29) is 48.3 Å². The second-order valence-electron chi connectivity index (χ2n) is 14.4. The molecule has 0 aromatic heterocycles. The van der Waals surface area contributed by atoms with Gasteiger partial charge in [0, 0.05) is 14.2 Å². The molecular formula is C44H52O8. The summed E-state index contributed by atoms with van der Waals surface area (Å²) in [5, 5.41) is 0. The second kappa shape index (κ2) is 18.3. The minimum absolute atomic E-state index is 0.0501. The Morgan fingerprint density at radius 1 is 0.635 bits per heavy atom. The van der Waals surface area contributed by atoms with E-state index in [1.807, 2.05) is 38.1 Å². The van der Waals surface area contributed by atoms with Crippen LogP contribution in [0.1, 0.15) is 76.7 Å². The van der Waals surface area contributed by atoms with Gasteiger partial charge in [-0.25, -0.2) is 9.59 Å². The van der Waals surface area contributed by atoms with Gasteiger partial charge in [0.1, 0.15) is 17.6 Å². The third-order valence-electron chi connectivity index (χ3n) is 10.4. The number of hydrogen-bond acceptors (Lipinski definition) is 8. The molecule has 8 heteroatoms. The summed E-state index contributed by atoms with van der Waals surface area (Å²) in [5.74, 6) is 1.39. The standard InChI is InChI=1S/C44H52O8/c1-28(2)42(45)50-38-20-15-34(16-21-38)32-11-13-36(14-12-32)40-25-37(19-24-41(40)52-44(47)30(4)27-49-6)35-9-7-31(8-10-35)33-17-22-39(23-18-33)51-43(46)29(3)26-48-5/h7-10,17-19,22-25,28,32,34,36,38H,3-4,11-16,20-21,26-27H2,1-2,5-6H3. The van der Waals surface area contributed by atoms with E-state index < -0.39 is 11.9 Å². The first kappa shape index (κ1) is 38.7. The number of rotatable bonds is 14. The van der Waals surface area contributed by atoms with Crippen LogP contribution in [0, 0.1) is 17.8 Å². The summed E-state index contributed by atoms with van der Waals surface area (Å²) in [4.78, 5) is 37.2. The fraction of sp³-hybridized carbons (Fsp3) is 0.432. The Kier molecular flexibility index (Phi) is 13.6. The Labute approximate surface area is 308 Å². The molecule has 3 aromatic rings. The summed E-state index contributed by atoms with van der Waals surface area (Å²) in [5.41, 5.74) is 5.68. The largest absolute Gasteiger partial charge is 0.462 e. The van der Waals surface area contributed by atoms with Crippen LogP contribution in [0.5, 0.6) is 11.5 Å². The summed E-state index contributed by atoms with van der Waals surface area (Å²) < 4.78 is 27.1. The second-order valence-corrected chi connectivity index (χ2v) is 14.4. The molecule has 2 aliphatic rings. The van der Waals surface area contributed by atoms with E-state index in [0.29, 0.717) is 23.3 Å². The van der Waals surface area contributed by atoms with E-state index in [2.05, 4.69) is 43.5 Å². The molecule has 2 fully saturated rings. The summed E-state index contributed by atoms with van der Waals surface area (Å²) >= 11 is 0. The van der Waals surface area contributed by atoms with Crippen LogP contribution in [0.4, 0.5) is 0 Å². The van der Waals surface area contributed by atoms with E-state index in [4.69, 9.17) is 23.7 Å². The van der Waals surface area contributed by atoms with Crippen LogP contribution in [-0.4, -0.2) is 51.4 Å². The van der Waals surface area contributed by atoms with Crippen molar-refractivity contribution in [3.63, 3.8) is 0 Å². The van der Waals surface area contributed by atoms with Crippen LogP contribution in [-0.2, 0) is 28.6 Å². The predicted octanol–water partition coefficient (Wildman–Crippen LogP) is 9.27. The van der Waals surface area contributed by atoms with Gasteiger partial charge in [-0.2, -0.15) is 0 Å². The van der Waals surface area contributed by atoms with Crippen LogP contribution in [0.15, 0.2) is 91.0 Å². The third-order valence-corrected chi connectivity index (χ3v) is 10.4. The number of carbonyl (C=O) groups excluding carboxylic acids is 3. The maximum Gasteiger partial charge on any atom is 0.341 e. The van der Waals surface area contributed by atoms with Gasteiger partial charge >= 0.3 is 17.9 Å². The molecule has 0 heterocycles. The van der Waals surface area contributed by atoms with Gasteiger partial charge in [-0.1, -0.05) is 69.5 Å². The summed E-state index contributed by atoms with van der Waals surface area (Å²) in [6.45, 7) is 11.5. The van der Waals surface area contributed by atoms with Gasteiger partial charge in [-0.05, 0) is 121 Å². The molecule has 0 spiro atoms. The van der Waals surface area contributed by atoms with Gasteiger partial charge in [0.15, 0.2) is 0 Å². The first-order valence-corrected chi connectivity index (χ1v) is 18.4. The van der Waals surface area contributed by atoms with Crippen LogP contribution >= 0.6 is 0 Å². The quantitative estimate of drug-likeness (QED) is 0.0929. The summed E-state index contributed by atoms with van der Waals surface area (Å²) in [6.07, 6.45) is 8.42. The van der Waals surface area contributed by atoms with Gasteiger partial charge in [0.05, 0.1) is 30.3 Å². The SMILES string of the molecule is C=C(COC)C(=O)Oc1ccc(-c2ccc(-c3ccc(OC(=O)C(=C)COC)c(C4CCC(C5CCC(OC(=O)C(C)C)CC5)CC4)c3)cc2)cc1. The van der Waals surface area contributed by atoms with Crippen molar-refractivity contribution in [2.24, 2.45) is 17.8 Å². The first-order valence-electron chi connectivity index (χ1n) is 18.4. The fourth-order valence-electron chi connectivity index (χ4n) is 7.41. The van der Waals surface area contributed by atoms with Gasteiger partial charge in [0.2, 0.25) is 0 Å².